The highest BCUT2D eigenvalue weighted by Crippen LogP contribution is 2.36. The minimum Gasteiger partial charge on any atom is -0.492 e. The molecule has 4 N–H and O–H groups in total. The molecule has 5 nitrogen and oxygen atoms in total. The maximum Gasteiger partial charge on any atom is 0.417 e. The number of hydrogen-bond acceptors (Lipinski definition) is 5. The van der Waals surface area contributed by atoms with Crippen molar-refractivity contribution in [2.75, 3.05) is 11.1 Å². The molecular weight excluding hydrogens is 297 g/mol. The first kappa shape index (κ1) is 14.2. The van der Waals surface area contributed by atoms with Crippen LogP contribution in [0.25, 0.3) is 0 Å². The van der Waals surface area contributed by atoms with Gasteiger partial charge in [0.1, 0.15) is 5.69 Å². The van der Waals surface area contributed by atoms with E-state index in [4.69, 9.17) is 17.3 Å². The fourth-order valence-electron chi connectivity index (χ4n) is 1.39. The number of aromatic nitrogens is 2. The smallest absolute Gasteiger partial charge is 0.417 e. The predicted molar refractivity (Wildman–Crippen MR) is 67.8 cm³/mol. The fraction of sp³-hybridized carbons (Fsp3) is 0.0909. The van der Waals surface area contributed by atoms with Crippen LogP contribution in [0.4, 0.5) is 30.5 Å². The summed E-state index contributed by atoms with van der Waals surface area (Å²) in [6.07, 6.45) is -3.44. The van der Waals surface area contributed by atoms with Crippen molar-refractivity contribution in [3.05, 3.63) is 35.0 Å². The Hall–Kier alpha value is -2.22. The van der Waals surface area contributed by atoms with Crippen LogP contribution in [0.15, 0.2) is 24.4 Å². The molecule has 106 valence electrons. The average molecular weight is 305 g/mol. The van der Waals surface area contributed by atoms with E-state index in [1.54, 1.807) is 0 Å². The van der Waals surface area contributed by atoms with E-state index in [1.165, 1.54) is 6.07 Å². The Labute approximate surface area is 116 Å². The molecule has 0 fully saturated rings. The molecule has 0 aliphatic rings. The van der Waals surface area contributed by atoms with Crippen molar-refractivity contribution >= 4 is 28.9 Å². The van der Waals surface area contributed by atoms with Crippen molar-refractivity contribution in [3.63, 3.8) is 0 Å². The van der Waals surface area contributed by atoms with Gasteiger partial charge in [-0.1, -0.05) is 11.6 Å². The van der Waals surface area contributed by atoms with Crippen molar-refractivity contribution in [1.82, 2.24) is 9.97 Å². The molecule has 2 rings (SSSR count). The van der Waals surface area contributed by atoms with Crippen molar-refractivity contribution in [2.45, 2.75) is 6.18 Å². The number of nitrogens with zero attached hydrogens (tertiary/aromatic N) is 2. The quantitative estimate of drug-likeness (QED) is 0.793. The zero-order chi connectivity index (χ0) is 14.9. The number of benzene rings is 1. The van der Waals surface area contributed by atoms with Gasteiger partial charge in [-0.3, -0.25) is 0 Å². The third-order valence-electron chi connectivity index (χ3n) is 2.32. The molecule has 0 aliphatic heterocycles. The topological polar surface area (TPSA) is 84.1 Å². The van der Waals surface area contributed by atoms with Crippen LogP contribution < -0.4 is 11.1 Å². The van der Waals surface area contributed by atoms with Crippen LogP contribution in [0.3, 0.4) is 0 Å². The summed E-state index contributed by atoms with van der Waals surface area (Å²) in [6.45, 7) is 0. The maximum absolute atomic E-state index is 12.7. The van der Waals surface area contributed by atoms with Gasteiger partial charge in [-0.25, -0.2) is 4.98 Å². The van der Waals surface area contributed by atoms with Gasteiger partial charge in [-0.05, 0) is 18.2 Å². The Morgan fingerprint density at radius 1 is 1.30 bits per heavy atom. The predicted octanol–water partition coefficient (Wildman–Crippen LogP) is 3.18. The molecule has 0 unspecified atom stereocenters. The van der Waals surface area contributed by atoms with Gasteiger partial charge in [0.2, 0.25) is 11.8 Å². The highest BCUT2D eigenvalue weighted by molar-refractivity contribution is 6.31. The van der Waals surface area contributed by atoms with Crippen molar-refractivity contribution in [3.8, 4) is 5.88 Å². The molecule has 0 spiro atoms. The molecule has 0 atom stereocenters. The molecule has 0 saturated carbocycles. The third kappa shape index (κ3) is 3.02. The van der Waals surface area contributed by atoms with Gasteiger partial charge in [0.15, 0.2) is 0 Å². The monoisotopic (exact) mass is 304 g/mol. The van der Waals surface area contributed by atoms with Crippen LogP contribution in [0.5, 0.6) is 5.88 Å². The largest absolute Gasteiger partial charge is 0.492 e. The van der Waals surface area contributed by atoms with Gasteiger partial charge in [0.25, 0.3) is 0 Å². The number of nitrogen functional groups attached to an aromatic ring is 1. The molecule has 0 saturated heterocycles. The van der Waals surface area contributed by atoms with Crippen LogP contribution in [-0.2, 0) is 6.18 Å². The van der Waals surface area contributed by atoms with E-state index in [9.17, 15) is 18.3 Å². The summed E-state index contributed by atoms with van der Waals surface area (Å²) in [5.74, 6) is -0.556. The van der Waals surface area contributed by atoms with Crippen molar-refractivity contribution < 1.29 is 18.3 Å². The molecular formula is C11H8ClF3N4O. The minimum atomic E-state index is -4.57. The lowest BCUT2D eigenvalue weighted by Gasteiger charge is -2.11. The fourth-order valence-corrected chi connectivity index (χ4v) is 1.62. The van der Waals surface area contributed by atoms with E-state index in [2.05, 4.69) is 15.3 Å². The summed E-state index contributed by atoms with van der Waals surface area (Å²) < 4.78 is 38.1. The average Bonchev–Trinajstić information content (AvgIpc) is 2.35. The highest BCUT2D eigenvalue weighted by Gasteiger charge is 2.33. The lowest BCUT2D eigenvalue weighted by Crippen LogP contribution is -2.07. The minimum absolute atomic E-state index is 0.0392. The number of halogens is 4. The summed E-state index contributed by atoms with van der Waals surface area (Å²) in [4.78, 5) is 7.30. The Morgan fingerprint density at radius 2 is 2.00 bits per heavy atom. The van der Waals surface area contributed by atoms with Gasteiger partial charge in [-0.2, -0.15) is 18.2 Å². The second-order valence-electron chi connectivity index (χ2n) is 3.79. The SMILES string of the molecule is Nc1cnc(Nc2ccc(Cl)c(C(F)(F)F)c2)nc1O. The first-order valence-corrected chi connectivity index (χ1v) is 5.60. The summed E-state index contributed by atoms with van der Waals surface area (Å²) in [5, 5.41) is 11.4. The number of anilines is 3. The second kappa shape index (κ2) is 5.04. The van der Waals surface area contributed by atoms with E-state index >= 15 is 0 Å². The summed E-state index contributed by atoms with van der Waals surface area (Å²) >= 11 is 5.49. The second-order valence-corrected chi connectivity index (χ2v) is 4.20. The molecule has 1 aromatic carbocycles. The molecule has 20 heavy (non-hydrogen) atoms. The number of rotatable bonds is 2. The standard InChI is InChI=1S/C11H8ClF3N4O/c12-7-2-1-5(3-6(7)11(13,14)15)18-10-17-4-8(16)9(20)19-10/h1-4H,16H2,(H2,17,18,19,20). The molecule has 0 amide bonds. The van der Waals surface area contributed by atoms with Crippen LogP contribution in [0, 0.1) is 0 Å². The number of nitrogens with one attached hydrogen (secondary N) is 1. The van der Waals surface area contributed by atoms with E-state index in [0.29, 0.717) is 0 Å². The van der Waals surface area contributed by atoms with E-state index in [-0.39, 0.29) is 17.3 Å². The zero-order valence-corrected chi connectivity index (χ0v) is 10.5. The van der Waals surface area contributed by atoms with E-state index in [0.717, 1.165) is 18.3 Å². The number of hydrogen-bond donors (Lipinski definition) is 3. The van der Waals surface area contributed by atoms with Crippen LogP contribution in [-0.4, -0.2) is 15.1 Å². The summed E-state index contributed by atoms with van der Waals surface area (Å²) in [6, 6.07) is 3.25. The maximum atomic E-state index is 12.7. The third-order valence-corrected chi connectivity index (χ3v) is 2.65. The molecule has 0 radical (unpaired) electrons. The van der Waals surface area contributed by atoms with Crippen molar-refractivity contribution in [1.29, 1.82) is 0 Å². The molecule has 9 heteroatoms. The molecule has 1 aromatic heterocycles. The Morgan fingerprint density at radius 3 is 2.60 bits per heavy atom. The van der Waals surface area contributed by atoms with Gasteiger partial charge in [0.05, 0.1) is 16.8 Å². The number of nitrogens with two attached hydrogens (primary N) is 1. The number of alkyl halides is 3. The molecule has 0 aliphatic carbocycles. The van der Waals surface area contributed by atoms with Crippen LogP contribution in [0.1, 0.15) is 5.56 Å². The lowest BCUT2D eigenvalue weighted by atomic mass is 10.2. The first-order valence-electron chi connectivity index (χ1n) is 5.22. The van der Waals surface area contributed by atoms with Gasteiger partial charge in [0, 0.05) is 5.69 Å². The lowest BCUT2D eigenvalue weighted by molar-refractivity contribution is -0.137. The Bertz CT molecular complexity index is 648. The van der Waals surface area contributed by atoms with Crippen LogP contribution in [0.2, 0.25) is 5.02 Å². The molecule has 2 aromatic rings. The van der Waals surface area contributed by atoms with Gasteiger partial charge in [-0.15, -0.1) is 0 Å². The van der Waals surface area contributed by atoms with Crippen LogP contribution >= 0.6 is 11.6 Å². The Kier molecular flexibility index (Phi) is 3.58. The molecule has 0 bridgehead atoms. The zero-order valence-electron chi connectivity index (χ0n) is 9.74. The summed E-state index contributed by atoms with van der Waals surface area (Å²) in [5.41, 5.74) is 4.37. The first-order chi connectivity index (χ1) is 9.27. The normalized spacial score (nSPS) is 11.4. The van der Waals surface area contributed by atoms with Gasteiger partial charge < -0.3 is 16.2 Å². The van der Waals surface area contributed by atoms with E-state index in [1.807, 2.05) is 0 Å². The van der Waals surface area contributed by atoms with E-state index < -0.39 is 22.6 Å². The van der Waals surface area contributed by atoms with Crippen molar-refractivity contribution in [2.24, 2.45) is 0 Å². The van der Waals surface area contributed by atoms with Gasteiger partial charge >= 0.3 is 6.18 Å². The highest BCUT2D eigenvalue weighted by atomic mass is 35.5. The number of aromatic hydroxyl groups is 1. The molecule has 1 heterocycles. The summed E-state index contributed by atoms with van der Waals surface area (Å²) in [7, 11) is 0. The Balaban J connectivity index is 2.32.